The maximum Gasteiger partial charge on any atom is 0.246 e. The summed E-state index contributed by atoms with van der Waals surface area (Å²) in [5.41, 5.74) is 1.30. The molecule has 3 saturated heterocycles. The highest BCUT2D eigenvalue weighted by Gasteiger charge is 2.41. The van der Waals surface area contributed by atoms with Gasteiger partial charge in [0.1, 0.15) is 6.61 Å². The molecule has 196 valence electrons. The van der Waals surface area contributed by atoms with E-state index in [-0.39, 0.29) is 18.6 Å². The summed E-state index contributed by atoms with van der Waals surface area (Å²) < 4.78 is 5.33. The molecule has 3 aliphatic rings. The quantitative estimate of drug-likeness (QED) is 0.482. The summed E-state index contributed by atoms with van der Waals surface area (Å²) in [6.07, 6.45) is 11.3. The third kappa shape index (κ3) is 7.14. The first kappa shape index (κ1) is 26.3. The van der Waals surface area contributed by atoms with Crippen molar-refractivity contribution in [1.29, 1.82) is 0 Å². The number of nitrogens with zero attached hydrogens (tertiary/aromatic N) is 5. The number of amides is 1. The van der Waals surface area contributed by atoms with Gasteiger partial charge in [0, 0.05) is 50.2 Å². The van der Waals surface area contributed by atoms with E-state index in [2.05, 4.69) is 46.3 Å². The first-order valence-corrected chi connectivity index (χ1v) is 13.9. The Kier molecular flexibility index (Phi) is 9.36. The van der Waals surface area contributed by atoms with Gasteiger partial charge in [0.2, 0.25) is 11.9 Å². The van der Waals surface area contributed by atoms with Crippen molar-refractivity contribution >= 4 is 11.9 Å². The van der Waals surface area contributed by atoms with Crippen molar-refractivity contribution in [2.24, 2.45) is 0 Å². The molecule has 3 fully saturated rings. The molecule has 0 aromatic carbocycles. The molecule has 0 saturated carbocycles. The number of piperidine rings is 1. The van der Waals surface area contributed by atoms with Crippen LogP contribution in [0.2, 0.25) is 0 Å². The number of fused-ring (bicyclic) bond motifs is 2. The molecule has 8 heteroatoms. The second kappa shape index (κ2) is 12.5. The maximum atomic E-state index is 11.7. The Morgan fingerprint density at radius 3 is 2.29 bits per heavy atom. The van der Waals surface area contributed by atoms with Gasteiger partial charge in [0.15, 0.2) is 0 Å². The summed E-state index contributed by atoms with van der Waals surface area (Å²) in [5.74, 6) is 1.48. The number of rotatable bonds is 11. The Hall–Kier alpha value is -1.77. The van der Waals surface area contributed by atoms with Crippen LogP contribution in [-0.2, 0) is 9.53 Å². The van der Waals surface area contributed by atoms with Crippen LogP contribution in [-0.4, -0.2) is 95.8 Å². The van der Waals surface area contributed by atoms with Crippen molar-refractivity contribution in [2.75, 3.05) is 50.8 Å². The van der Waals surface area contributed by atoms with E-state index in [1.165, 1.54) is 31.2 Å². The van der Waals surface area contributed by atoms with Crippen molar-refractivity contribution in [1.82, 2.24) is 25.1 Å². The molecule has 8 nitrogen and oxygen atoms in total. The zero-order valence-electron chi connectivity index (χ0n) is 22.3. The summed E-state index contributed by atoms with van der Waals surface area (Å²) in [5, 5.41) is 2.95. The minimum Gasteiger partial charge on any atom is -0.369 e. The van der Waals surface area contributed by atoms with Gasteiger partial charge in [-0.05, 0) is 97.3 Å². The van der Waals surface area contributed by atoms with E-state index in [1.807, 2.05) is 13.8 Å². The van der Waals surface area contributed by atoms with E-state index in [1.54, 1.807) is 0 Å². The number of hydrogen-bond donors (Lipinski definition) is 1. The van der Waals surface area contributed by atoms with E-state index in [9.17, 15) is 4.79 Å². The van der Waals surface area contributed by atoms with Gasteiger partial charge >= 0.3 is 0 Å². The van der Waals surface area contributed by atoms with E-state index in [0.717, 1.165) is 58.1 Å². The van der Waals surface area contributed by atoms with Gasteiger partial charge < -0.3 is 19.9 Å². The molecule has 4 rings (SSSR count). The van der Waals surface area contributed by atoms with Crippen LogP contribution in [0.1, 0.15) is 77.7 Å². The topological polar surface area (TPSA) is 73.8 Å². The number of ether oxygens (including phenoxy) is 1. The molecule has 1 aromatic heterocycles. The second-order valence-corrected chi connectivity index (χ2v) is 11.2. The standard InChI is InChI=1S/C27H46N6O2/c1-20(2)32-17-24-7-8-25(18-32)33(24)27-29-15-23(16-30-27)22-9-13-31(14-10-22)12-6-5-11-28-26(34)19-35-21(3)4/h15-16,20-22,24-25H,5-14,17-19H2,1-4H3,(H,28,34). The van der Waals surface area contributed by atoms with Crippen LogP contribution in [0.15, 0.2) is 12.4 Å². The minimum absolute atomic E-state index is 0.0155. The number of piperazine rings is 1. The average molecular weight is 487 g/mol. The van der Waals surface area contributed by atoms with E-state index in [4.69, 9.17) is 14.7 Å². The lowest BCUT2D eigenvalue weighted by molar-refractivity contribution is -0.127. The SMILES string of the molecule is CC(C)OCC(=O)NCCCCN1CCC(c2cnc(N3C4CCC3CN(C(C)C)C4)nc2)CC1. The molecule has 2 unspecified atom stereocenters. The number of hydrogen-bond acceptors (Lipinski definition) is 7. The van der Waals surface area contributed by atoms with Crippen LogP contribution < -0.4 is 10.2 Å². The van der Waals surface area contributed by atoms with Gasteiger partial charge in [-0.15, -0.1) is 0 Å². The van der Waals surface area contributed by atoms with E-state index < -0.39 is 0 Å². The van der Waals surface area contributed by atoms with Crippen molar-refractivity contribution in [3.8, 4) is 0 Å². The fourth-order valence-corrected chi connectivity index (χ4v) is 5.83. The van der Waals surface area contributed by atoms with Crippen molar-refractivity contribution in [2.45, 2.75) is 96.4 Å². The summed E-state index contributed by atoms with van der Waals surface area (Å²) >= 11 is 0. The van der Waals surface area contributed by atoms with E-state index >= 15 is 0 Å². The second-order valence-electron chi connectivity index (χ2n) is 11.2. The highest BCUT2D eigenvalue weighted by atomic mass is 16.5. The summed E-state index contributed by atoms with van der Waals surface area (Å²) in [6, 6.07) is 1.74. The predicted molar refractivity (Wildman–Crippen MR) is 140 cm³/mol. The van der Waals surface area contributed by atoms with Crippen molar-refractivity contribution < 1.29 is 9.53 Å². The molecule has 1 aromatic rings. The van der Waals surface area contributed by atoms with E-state index in [0.29, 0.717) is 24.0 Å². The minimum atomic E-state index is -0.0155. The van der Waals surface area contributed by atoms with Gasteiger partial charge in [-0.3, -0.25) is 9.69 Å². The fourth-order valence-electron chi connectivity index (χ4n) is 5.83. The maximum absolute atomic E-state index is 11.7. The Morgan fingerprint density at radius 1 is 1.03 bits per heavy atom. The number of unbranched alkanes of at least 4 members (excludes halogenated alkanes) is 1. The van der Waals surface area contributed by atoms with Crippen LogP contribution in [0.5, 0.6) is 0 Å². The number of likely N-dealkylation sites (tertiary alicyclic amines) is 2. The molecule has 0 aliphatic carbocycles. The van der Waals surface area contributed by atoms with Crippen LogP contribution in [0.3, 0.4) is 0 Å². The lowest BCUT2D eigenvalue weighted by Gasteiger charge is -2.42. The Morgan fingerprint density at radius 2 is 1.69 bits per heavy atom. The number of carbonyl (C=O) groups is 1. The van der Waals surface area contributed by atoms with Gasteiger partial charge in [0.05, 0.1) is 6.10 Å². The predicted octanol–water partition coefficient (Wildman–Crippen LogP) is 3.04. The molecule has 35 heavy (non-hydrogen) atoms. The highest BCUT2D eigenvalue weighted by Crippen LogP contribution is 2.34. The van der Waals surface area contributed by atoms with Crippen LogP contribution in [0, 0.1) is 0 Å². The van der Waals surface area contributed by atoms with Crippen LogP contribution >= 0.6 is 0 Å². The smallest absolute Gasteiger partial charge is 0.246 e. The summed E-state index contributed by atoms with van der Waals surface area (Å²) in [7, 11) is 0. The molecular formula is C27H46N6O2. The molecule has 3 aliphatic heterocycles. The van der Waals surface area contributed by atoms with Gasteiger partial charge in [0.25, 0.3) is 0 Å². The lowest BCUT2D eigenvalue weighted by atomic mass is 9.91. The first-order chi connectivity index (χ1) is 16.9. The van der Waals surface area contributed by atoms with Gasteiger partial charge in [-0.1, -0.05) is 0 Å². The number of nitrogens with one attached hydrogen (secondary N) is 1. The third-order valence-corrected chi connectivity index (χ3v) is 7.96. The molecule has 1 amide bonds. The molecule has 0 spiro atoms. The molecular weight excluding hydrogens is 440 g/mol. The van der Waals surface area contributed by atoms with Crippen molar-refractivity contribution in [3.63, 3.8) is 0 Å². The Balaban J connectivity index is 1.15. The highest BCUT2D eigenvalue weighted by molar-refractivity contribution is 5.77. The zero-order chi connectivity index (χ0) is 24.8. The third-order valence-electron chi connectivity index (χ3n) is 7.96. The van der Waals surface area contributed by atoms with Gasteiger partial charge in [-0.25, -0.2) is 9.97 Å². The van der Waals surface area contributed by atoms with Crippen LogP contribution in [0.25, 0.3) is 0 Å². The summed E-state index contributed by atoms with van der Waals surface area (Å²) in [6.45, 7) is 15.0. The summed E-state index contributed by atoms with van der Waals surface area (Å²) in [4.78, 5) is 29.1. The molecule has 2 bridgehead atoms. The number of aromatic nitrogens is 2. The number of anilines is 1. The zero-order valence-corrected chi connectivity index (χ0v) is 22.3. The number of carbonyl (C=O) groups excluding carboxylic acids is 1. The molecule has 0 radical (unpaired) electrons. The molecule has 1 N–H and O–H groups in total. The van der Waals surface area contributed by atoms with Gasteiger partial charge in [-0.2, -0.15) is 0 Å². The van der Waals surface area contributed by atoms with Crippen LogP contribution in [0.4, 0.5) is 5.95 Å². The monoisotopic (exact) mass is 486 g/mol. The molecule has 2 atom stereocenters. The Bertz CT molecular complexity index is 779. The Labute approximate surface area is 211 Å². The normalized spacial score (nSPS) is 24.0. The average Bonchev–Trinajstić information content (AvgIpc) is 3.11. The lowest BCUT2D eigenvalue weighted by Crippen LogP contribution is -2.56. The molecule has 4 heterocycles. The van der Waals surface area contributed by atoms with Crippen molar-refractivity contribution in [3.05, 3.63) is 18.0 Å². The fraction of sp³-hybridized carbons (Fsp3) is 0.815. The first-order valence-electron chi connectivity index (χ1n) is 13.9. The largest absolute Gasteiger partial charge is 0.369 e.